The largest absolute Gasteiger partial charge is 0.493 e. The van der Waals surface area contributed by atoms with Crippen molar-refractivity contribution in [3.63, 3.8) is 0 Å². The number of benzene rings is 1. The van der Waals surface area contributed by atoms with Crippen LogP contribution < -0.4 is 14.8 Å². The van der Waals surface area contributed by atoms with Crippen molar-refractivity contribution in [2.24, 2.45) is 0 Å². The highest BCUT2D eigenvalue weighted by Crippen LogP contribution is 2.65. The molecule has 0 aromatic heterocycles. The Balaban J connectivity index is 1.34. The molecule has 1 spiro atoms. The maximum atomic E-state index is 13.0. The monoisotopic (exact) mass is 590 g/mol. The smallest absolute Gasteiger partial charge is 0.343 e. The predicted molar refractivity (Wildman–Crippen MR) is 140 cm³/mol. The summed E-state index contributed by atoms with van der Waals surface area (Å²) >= 11 is 0. The number of piperidine rings is 1. The van der Waals surface area contributed by atoms with Gasteiger partial charge in [0.05, 0.1) is 18.1 Å². The highest BCUT2D eigenvalue weighted by atomic mass is 16.6. The summed E-state index contributed by atoms with van der Waals surface area (Å²) in [5, 5.41) is 44.0. The Kier molecular flexibility index (Phi) is 7.46. The van der Waals surface area contributed by atoms with Crippen LogP contribution in [0.4, 0.5) is 0 Å². The van der Waals surface area contributed by atoms with Crippen molar-refractivity contribution in [1.29, 1.82) is 0 Å². The molecule has 1 saturated heterocycles. The Bertz CT molecular complexity index is 1360. The number of aliphatic hydroxyl groups is 3. The minimum Gasteiger partial charge on any atom is -0.493 e. The molecule has 5 rings (SSSR count). The van der Waals surface area contributed by atoms with Crippen LogP contribution in [-0.2, 0) is 40.5 Å². The third kappa shape index (κ3) is 4.32. The molecule has 0 saturated carbocycles. The van der Waals surface area contributed by atoms with E-state index in [2.05, 4.69) is 10.2 Å². The van der Waals surface area contributed by atoms with Gasteiger partial charge in [-0.05, 0) is 58.0 Å². The van der Waals surface area contributed by atoms with Gasteiger partial charge in [-0.15, -0.1) is 0 Å². The summed E-state index contributed by atoms with van der Waals surface area (Å²) < 4.78 is 22.2. The molecule has 228 valence electrons. The first-order chi connectivity index (χ1) is 19.8. The Labute approximate surface area is 240 Å². The van der Waals surface area contributed by atoms with E-state index in [0.717, 1.165) is 18.1 Å². The van der Waals surface area contributed by atoms with E-state index in [4.69, 9.17) is 24.1 Å². The lowest BCUT2D eigenvalue weighted by Crippen LogP contribution is -2.74. The maximum Gasteiger partial charge on any atom is 0.343 e. The van der Waals surface area contributed by atoms with E-state index < -0.39 is 65.3 Å². The predicted octanol–water partition coefficient (Wildman–Crippen LogP) is -1.24. The van der Waals surface area contributed by atoms with E-state index in [1.807, 2.05) is 13.1 Å². The minimum absolute atomic E-state index is 0.00843. The Morgan fingerprint density at radius 3 is 2.50 bits per heavy atom. The number of carboxylic acid groups (broad SMARTS) is 1. The second kappa shape index (κ2) is 10.5. The van der Waals surface area contributed by atoms with E-state index in [-0.39, 0.29) is 18.2 Å². The Morgan fingerprint density at radius 2 is 1.83 bits per heavy atom. The van der Waals surface area contributed by atoms with Gasteiger partial charge in [-0.2, -0.15) is 0 Å². The molecule has 14 heteroatoms. The standard InChI is InChI=1S/C28H34N2O12/c1-12(24(34)35)29-23(33)13(2)40-25(36)19(31)20(32)26(37)41-16-7-8-28(38)17-11-14-5-6-15(39-4)21-18(14)27(28,22(16)42-21)9-10-30(17)3/h5-7,12-13,17,19-20,22,31-32,38H,8-11H2,1-4H3,(H,29,33)(H,34,35)/t12-,13-,17-,19+,20+,22+,27+,28-/m0/s1. The molecule has 1 amide bonds. The van der Waals surface area contributed by atoms with E-state index in [0.29, 0.717) is 30.9 Å². The normalized spacial score (nSPS) is 29.9. The summed E-state index contributed by atoms with van der Waals surface area (Å²) in [7, 11) is 3.45. The molecule has 2 bridgehead atoms. The number of hydrogen-bond donors (Lipinski definition) is 5. The molecule has 2 aliphatic heterocycles. The molecule has 2 aliphatic carbocycles. The average Bonchev–Trinajstić information content (AvgIpc) is 3.31. The number of carboxylic acids is 1. The zero-order valence-corrected chi connectivity index (χ0v) is 23.5. The van der Waals surface area contributed by atoms with Gasteiger partial charge in [-0.3, -0.25) is 9.59 Å². The number of likely N-dealkylation sites (tertiary alicyclic amines) is 1. The van der Waals surface area contributed by atoms with E-state index in [1.165, 1.54) is 20.1 Å². The van der Waals surface area contributed by atoms with Crippen LogP contribution in [0.2, 0.25) is 0 Å². The molecule has 1 aromatic carbocycles. The maximum absolute atomic E-state index is 13.0. The number of hydrogen-bond acceptors (Lipinski definition) is 12. The van der Waals surface area contributed by atoms with Crippen molar-refractivity contribution in [3.8, 4) is 11.5 Å². The van der Waals surface area contributed by atoms with Gasteiger partial charge in [-0.25, -0.2) is 9.59 Å². The van der Waals surface area contributed by atoms with Gasteiger partial charge < -0.3 is 49.6 Å². The van der Waals surface area contributed by atoms with Crippen LogP contribution in [-0.4, -0.2) is 112 Å². The second-order valence-electron chi connectivity index (χ2n) is 11.2. The minimum atomic E-state index is -2.42. The molecule has 1 aromatic rings. The lowest BCUT2D eigenvalue weighted by atomic mass is 9.50. The number of ether oxygens (including phenoxy) is 4. The van der Waals surface area contributed by atoms with Crippen molar-refractivity contribution < 1.29 is 58.6 Å². The first kappa shape index (κ1) is 29.8. The van der Waals surface area contributed by atoms with Crippen molar-refractivity contribution in [1.82, 2.24) is 10.2 Å². The number of esters is 2. The van der Waals surface area contributed by atoms with Gasteiger partial charge in [0.2, 0.25) is 0 Å². The van der Waals surface area contributed by atoms with E-state index >= 15 is 0 Å². The first-order valence-corrected chi connectivity index (χ1v) is 13.6. The molecule has 4 aliphatic rings. The molecule has 14 nitrogen and oxygen atoms in total. The molecule has 8 atom stereocenters. The summed E-state index contributed by atoms with van der Waals surface area (Å²) in [5.41, 5.74) is -0.461. The van der Waals surface area contributed by atoms with Crippen LogP contribution in [0.15, 0.2) is 24.0 Å². The number of carbonyl (C=O) groups is 4. The number of rotatable bonds is 9. The fourth-order valence-corrected chi connectivity index (χ4v) is 6.71. The quantitative estimate of drug-likeness (QED) is 0.214. The van der Waals surface area contributed by atoms with Gasteiger partial charge in [0.25, 0.3) is 5.91 Å². The number of amides is 1. The second-order valence-corrected chi connectivity index (χ2v) is 11.2. The molecule has 0 radical (unpaired) electrons. The number of aliphatic carboxylic acids is 1. The number of nitrogens with one attached hydrogen (secondary N) is 1. The number of carbonyl (C=O) groups excluding carboxylic acids is 3. The van der Waals surface area contributed by atoms with Crippen molar-refractivity contribution in [2.75, 3.05) is 20.7 Å². The number of methoxy groups -OCH3 is 1. The van der Waals surface area contributed by atoms with Crippen LogP contribution in [0.5, 0.6) is 11.5 Å². The molecule has 0 unspecified atom stereocenters. The highest BCUT2D eigenvalue weighted by Gasteiger charge is 2.72. The molecule has 42 heavy (non-hydrogen) atoms. The zero-order valence-electron chi connectivity index (χ0n) is 23.5. The average molecular weight is 591 g/mol. The highest BCUT2D eigenvalue weighted by molar-refractivity contribution is 5.90. The summed E-state index contributed by atoms with van der Waals surface area (Å²) in [5.74, 6) is -4.25. The molecule has 1 fully saturated rings. The fraction of sp³-hybridized carbons (Fsp3) is 0.571. The Hall–Kier alpha value is -3.72. The summed E-state index contributed by atoms with van der Waals surface area (Å²) in [6.45, 7) is 2.96. The Morgan fingerprint density at radius 1 is 1.14 bits per heavy atom. The summed E-state index contributed by atoms with van der Waals surface area (Å²) in [6.07, 6.45) is -4.62. The third-order valence-corrected chi connectivity index (χ3v) is 8.95. The lowest BCUT2D eigenvalue weighted by molar-refractivity contribution is -0.181. The van der Waals surface area contributed by atoms with Crippen LogP contribution in [0, 0.1) is 0 Å². The molecule has 5 N–H and O–H groups in total. The van der Waals surface area contributed by atoms with Gasteiger partial charge in [-0.1, -0.05) is 6.07 Å². The number of aliphatic hydroxyl groups excluding tert-OH is 2. The third-order valence-electron chi connectivity index (χ3n) is 8.95. The number of nitrogens with zero attached hydrogens (tertiary/aromatic N) is 1. The molecule has 2 heterocycles. The summed E-state index contributed by atoms with van der Waals surface area (Å²) in [6, 6.07) is 2.22. The first-order valence-electron chi connectivity index (χ1n) is 13.6. The van der Waals surface area contributed by atoms with Crippen LogP contribution in [0.1, 0.15) is 37.8 Å². The van der Waals surface area contributed by atoms with Gasteiger partial charge >= 0.3 is 17.9 Å². The number of likely N-dealkylation sites (N-methyl/N-ethyl adjacent to an activating group) is 1. The van der Waals surface area contributed by atoms with E-state index in [9.17, 15) is 34.5 Å². The fourth-order valence-electron chi connectivity index (χ4n) is 6.71. The van der Waals surface area contributed by atoms with Crippen molar-refractivity contribution in [3.05, 3.63) is 35.1 Å². The van der Waals surface area contributed by atoms with E-state index in [1.54, 1.807) is 6.07 Å². The molecular formula is C28H34N2O12. The van der Waals surface area contributed by atoms with Crippen molar-refractivity contribution >= 4 is 23.8 Å². The SMILES string of the molecule is COc1ccc2c3c1O[C@@H]1C(OC(=O)[C@H](O)[C@@H](O)C(=O)O[C@@H](C)C(=O)N[C@@H](C)C(=O)O)=CC[C@]4(O)[C@H](C2)N(C)CC[C@@]314. The van der Waals surface area contributed by atoms with Crippen LogP contribution in [0.3, 0.4) is 0 Å². The van der Waals surface area contributed by atoms with Crippen molar-refractivity contribution in [2.45, 2.75) is 80.6 Å². The van der Waals surface area contributed by atoms with Gasteiger partial charge in [0, 0.05) is 18.0 Å². The lowest BCUT2D eigenvalue weighted by Gasteiger charge is -2.61. The molecular weight excluding hydrogens is 556 g/mol. The topological polar surface area (TPSA) is 201 Å². The summed E-state index contributed by atoms with van der Waals surface area (Å²) in [4.78, 5) is 50.5. The van der Waals surface area contributed by atoms with Gasteiger partial charge in [0.15, 0.2) is 35.9 Å². The zero-order chi connectivity index (χ0) is 30.7. The van der Waals surface area contributed by atoms with Crippen LogP contribution >= 0.6 is 0 Å². The van der Waals surface area contributed by atoms with Gasteiger partial charge in [0.1, 0.15) is 11.8 Å². The van der Waals surface area contributed by atoms with Crippen LogP contribution in [0.25, 0.3) is 0 Å².